The minimum atomic E-state index is -0.282. The Morgan fingerprint density at radius 1 is 1.08 bits per heavy atom. The van der Waals surface area contributed by atoms with Crippen LogP contribution in [0.1, 0.15) is 34.8 Å². The smallest absolute Gasteiger partial charge is 0.186 e. The van der Waals surface area contributed by atoms with Crippen LogP contribution in [0, 0.1) is 5.92 Å². The Morgan fingerprint density at radius 2 is 1.77 bits per heavy atom. The first kappa shape index (κ1) is 17.0. The lowest BCUT2D eigenvalue weighted by Gasteiger charge is -2.36. The molecule has 4 rings (SSSR count). The van der Waals surface area contributed by atoms with Gasteiger partial charge in [-0.3, -0.25) is 9.69 Å². The number of aliphatic hydroxyl groups excluding tert-OH is 1. The van der Waals surface area contributed by atoms with Gasteiger partial charge in [0.15, 0.2) is 5.78 Å². The van der Waals surface area contributed by atoms with Crippen LogP contribution in [-0.4, -0.2) is 40.5 Å². The molecule has 1 fully saturated rings. The lowest BCUT2D eigenvalue weighted by Crippen LogP contribution is -2.40. The molecule has 1 unspecified atom stereocenters. The number of para-hydroxylation sites is 1. The van der Waals surface area contributed by atoms with E-state index in [1.807, 2.05) is 60.8 Å². The Labute approximate surface area is 153 Å². The van der Waals surface area contributed by atoms with E-state index in [9.17, 15) is 9.90 Å². The molecule has 26 heavy (non-hydrogen) atoms. The third-order valence-electron chi connectivity index (χ3n) is 5.49. The summed E-state index contributed by atoms with van der Waals surface area (Å²) >= 11 is 0. The molecule has 0 bridgehead atoms. The first-order chi connectivity index (χ1) is 12.8. The van der Waals surface area contributed by atoms with E-state index in [4.69, 9.17) is 0 Å². The van der Waals surface area contributed by atoms with Crippen molar-refractivity contribution in [1.29, 1.82) is 0 Å². The summed E-state index contributed by atoms with van der Waals surface area (Å²) in [6.45, 7) is 1.90. The summed E-state index contributed by atoms with van der Waals surface area (Å²) in [5, 5.41) is 10.4. The van der Waals surface area contributed by atoms with Gasteiger partial charge in [0.2, 0.25) is 0 Å². The number of hydrogen-bond acceptors (Lipinski definition) is 3. The lowest BCUT2D eigenvalue weighted by molar-refractivity contribution is 0.0688. The molecule has 2 heterocycles. The van der Waals surface area contributed by atoms with Crippen LogP contribution in [0.5, 0.6) is 0 Å². The fourth-order valence-corrected chi connectivity index (χ4v) is 3.98. The first-order valence-electron chi connectivity index (χ1n) is 9.28. The second-order valence-electron chi connectivity index (χ2n) is 7.09. The summed E-state index contributed by atoms with van der Waals surface area (Å²) in [7, 11) is 0. The van der Waals surface area contributed by atoms with Crippen molar-refractivity contribution >= 4 is 16.7 Å². The van der Waals surface area contributed by atoms with Crippen LogP contribution in [0.25, 0.3) is 10.9 Å². The van der Waals surface area contributed by atoms with Crippen molar-refractivity contribution in [2.24, 2.45) is 5.92 Å². The molecule has 2 aromatic carbocycles. The zero-order chi connectivity index (χ0) is 17.9. The number of Topliss-reactive ketones (excluding diaryl/α,β-unsaturated/α-hetero) is 1. The van der Waals surface area contributed by atoms with Gasteiger partial charge in [0.25, 0.3) is 0 Å². The van der Waals surface area contributed by atoms with E-state index < -0.39 is 0 Å². The molecule has 4 nitrogen and oxygen atoms in total. The van der Waals surface area contributed by atoms with Crippen molar-refractivity contribution < 1.29 is 9.90 Å². The van der Waals surface area contributed by atoms with Crippen LogP contribution in [0.4, 0.5) is 0 Å². The normalized spacial score (nSPS) is 17.4. The molecule has 134 valence electrons. The SMILES string of the molecule is O=C(c1c[nH]c2ccccc12)C(c1ccccc1)N1CCC(CO)CC1. The monoisotopic (exact) mass is 348 g/mol. The minimum Gasteiger partial charge on any atom is -0.396 e. The maximum absolute atomic E-state index is 13.6. The fourth-order valence-electron chi connectivity index (χ4n) is 3.98. The van der Waals surface area contributed by atoms with Gasteiger partial charge in [-0.15, -0.1) is 0 Å². The van der Waals surface area contributed by atoms with Gasteiger partial charge in [0.1, 0.15) is 0 Å². The highest BCUT2D eigenvalue weighted by atomic mass is 16.3. The Balaban J connectivity index is 1.70. The molecule has 0 saturated carbocycles. The molecule has 1 aromatic heterocycles. The van der Waals surface area contributed by atoms with Gasteiger partial charge in [-0.2, -0.15) is 0 Å². The number of H-pyrrole nitrogens is 1. The lowest BCUT2D eigenvalue weighted by atomic mass is 9.91. The van der Waals surface area contributed by atoms with Gasteiger partial charge in [-0.25, -0.2) is 0 Å². The van der Waals surface area contributed by atoms with Crippen LogP contribution in [0.15, 0.2) is 60.8 Å². The molecule has 1 aliphatic heterocycles. The van der Waals surface area contributed by atoms with Gasteiger partial charge in [0, 0.05) is 29.3 Å². The van der Waals surface area contributed by atoms with E-state index in [-0.39, 0.29) is 18.4 Å². The third kappa shape index (κ3) is 3.18. The Bertz CT molecular complexity index is 879. The molecule has 3 aromatic rings. The van der Waals surface area contributed by atoms with Crippen molar-refractivity contribution in [2.45, 2.75) is 18.9 Å². The number of likely N-dealkylation sites (tertiary alicyclic amines) is 1. The molecule has 1 atom stereocenters. The van der Waals surface area contributed by atoms with Gasteiger partial charge < -0.3 is 10.1 Å². The Kier molecular flexibility index (Phi) is 4.87. The summed E-state index contributed by atoms with van der Waals surface area (Å²) in [6.07, 6.45) is 3.70. The van der Waals surface area contributed by atoms with E-state index >= 15 is 0 Å². The molecule has 4 heteroatoms. The molecule has 0 amide bonds. The Hall–Kier alpha value is -2.43. The second kappa shape index (κ2) is 7.44. The van der Waals surface area contributed by atoms with Gasteiger partial charge in [0.05, 0.1) is 6.04 Å². The average Bonchev–Trinajstić information content (AvgIpc) is 3.14. The molecule has 2 N–H and O–H groups in total. The molecular formula is C22H24N2O2. The van der Waals surface area contributed by atoms with Crippen molar-refractivity contribution in [1.82, 2.24) is 9.88 Å². The van der Waals surface area contributed by atoms with E-state index in [1.165, 1.54) is 0 Å². The Morgan fingerprint density at radius 3 is 2.50 bits per heavy atom. The predicted octanol–water partition coefficient (Wildman–Crippen LogP) is 3.80. The maximum atomic E-state index is 13.6. The number of piperidine rings is 1. The molecule has 0 spiro atoms. The predicted molar refractivity (Wildman–Crippen MR) is 103 cm³/mol. The van der Waals surface area contributed by atoms with Crippen LogP contribution in [0.3, 0.4) is 0 Å². The number of nitrogens with zero attached hydrogens (tertiary/aromatic N) is 1. The standard InChI is InChI=1S/C22H24N2O2/c25-15-16-10-12-24(13-11-16)21(17-6-2-1-3-7-17)22(26)19-14-23-20-9-5-4-8-18(19)20/h1-9,14,16,21,23,25H,10-13,15H2. The third-order valence-corrected chi connectivity index (χ3v) is 5.49. The number of carbonyl (C=O) groups is 1. The number of benzene rings is 2. The van der Waals surface area contributed by atoms with Crippen LogP contribution in [0.2, 0.25) is 0 Å². The zero-order valence-electron chi connectivity index (χ0n) is 14.8. The number of carbonyl (C=O) groups excluding carboxylic acids is 1. The fraction of sp³-hybridized carbons (Fsp3) is 0.318. The first-order valence-corrected chi connectivity index (χ1v) is 9.28. The van der Waals surface area contributed by atoms with Gasteiger partial charge >= 0.3 is 0 Å². The maximum Gasteiger partial charge on any atom is 0.186 e. The quantitative estimate of drug-likeness (QED) is 0.690. The highest BCUT2D eigenvalue weighted by Gasteiger charge is 2.32. The van der Waals surface area contributed by atoms with Gasteiger partial charge in [-0.05, 0) is 43.5 Å². The van der Waals surface area contributed by atoms with Crippen molar-refractivity contribution in [2.75, 3.05) is 19.7 Å². The minimum absolute atomic E-state index is 0.135. The molecule has 1 saturated heterocycles. The van der Waals surface area contributed by atoms with E-state index in [0.717, 1.165) is 48.0 Å². The van der Waals surface area contributed by atoms with E-state index in [2.05, 4.69) is 9.88 Å². The highest BCUT2D eigenvalue weighted by Crippen LogP contribution is 2.31. The summed E-state index contributed by atoms with van der Waals surface area (Å²) in [4.78, 5) is 19.1. The largest absolute Gasteiger partial charge is 0.396 e. The van der Waals surface area contributed by atoms with Crippen molar-refractivity contribution in [3.05, 3.63) is 71.9 Å². The highest BCUT2D eigenvalue weighted by molar-refractivity contribution is 6.10. The summed E-state index contributed by atoms with van der Waals surface area (Å²) in [6, 6.07) is 17.7. The topological polar surface area (TPSA) is 56.3 Å². The van der Waals surface area contributed by atoms with Crippen LogP contribution in [-0.2, 0) is 0 Å². The molecule has 0 aliphatic carbocycles. The van der Waals surface area contributed by atoms with E-state index in [1.54, 1.807) is 0 Å². The number of hydrogen-bond donors (Lipinski definition) is 2. The number of aliphatic hydroxyl groups is 1. The summed E-state index contributed by atoms with van der Waals surface area (Å²) < 4.78 is 0. The second-order valence-corrected chi connectivity index (χ2v) is 7.09. The molecule has 0 radical (unpaired) electrons. The van der Waals surface area contributed by atoms with E-state index in [0.29, 0.717) is 5.92 Å². The van der Waals surface area contributed by atoms with Gasteiger partial charge in [-0.1, -0.05) is 48.5 Å². The zero-order valence-corrected chi connectivity index (χ0v) is 14.8. The number of fused-ring (bicyclic) bond motifs is 1. The average molecular weight is 348 g/mol. The number of aromatic nitrogens is 1. The summed E-state index contributed by atoms with van der Waals surface area (Å²) in [5.74, 6) is 0.488. The number of aromatic amines is 1. The molecule has 1 aliphatic rings. The van der Waals surface area contributed by atoms with Crippen LogP contribution >= 0.6 is 0 Å². The van der Waals surface area contributed by atoms with Crippen molar-refractivity contribution in [3.8, 4) is 0 Å². The number of rotatable bonds is 5. The molecular weight excluding hydrogens is 324 g/mol. The van der Waals surface area contributed by atoms with Crippen LogP contribution < -0.4 is 0 Å². The summed E-state index contributed by atoms with van der Waals surface area (Å²) in [5.41, 5.74) is 2.77. The number of nitrogens with one attached hydrogen (secondary N) is 1. The van der Waals surface area contributed by atoms with Crippen molar-refractivity contribution in [3.63, 3.8) is 0 Å². The number of ketones is 1.